The number of likely N-dealkylation sites (N-methyl/N-ethyl adjacent to an activating group) is 1. The van der Waals surface area contributed by atoms with Gasteiger partial charge in [-0.25, -0.2) is 0 Å². The number of hydrogen-bond donors (Lipinski definition) is 3. The predicted molar refractivity (Wildman–Crippen MR) is 192 cm³/mol. The minimum absolute atomic E-state index is 0.0588. The molecule has 3 amide bonds. The van der Waals surface area contributed by atoms with Crippen molar-refractivity contribution in [2.24, 2.45) is 17.8 Å². The van der Waals surface area contributed by atoms with Crippen LogP contribution < -0.4 is 10.6 Å². The minimum atomic E-state index is -0.829. The van der Waals surface area contributed by atoms with Crippen LogP contribution >= 0.6 is 10.9 Å². The first-order valence-corrected chi connectivity index (χ1v) is 17.9. The van der Waals surface area contributed by atoms with E-state index in [0.29, 0.717) is 12.8 Å². The molecule has 266 valence electrons. The highest BCUT2D eigenvalue weighted by molar-refractivity contribution is 7.95. The van der Waals surface area contributed by atoms with Crippen molar-refractivity contribution < 1.29 is 29.0 Å². The maximum atomic E-state index is 13.5. The second kappa shape index (κ2) is 20.1. The standard InChI is InChI=1S/C36H60N4O6S/c1-11-24(4)33(39(7)31(42)22-37-30(41)20-23(2)3)29(45-8)21-32(47-10)40-19-15-18-28(40)35(46-9)25(5)36(44)38-26(6)34(43)27-16-13-12-14-17-27/h12-14,16-17,23-26,28-29,33-35,43H,10-11,15,18-22H2,1-9H3,(H,37,41)(H,38,44)/t24-,25+,26+,28-,29+,33-,34+,35+/m0/s1. The largest absolute Gasteiger partial charge is 0.386 e. The van der Waals surface area contributed by atoms with Gasteiger partial charge in [0.25, 0.3) is 0 Å². The maximum Gasteiger partial charge on any atom is 0.242 e. The van der Waals surface area contributed by atoms with Crippen LogP contribution in [0.25, 0.3) is 0 Å². The number of carbonyl (C=O) groups is 3. The molecule has 1 aromatic rings. The Balaban J connectivity index is 2.19. The van der Waals surface area contributed by atoms with Crippen LogP contribution in [0, 0.1) is 17.8 Å². The summed E-state index contributed by atoms with van der Waals surface area (Å²) in [5.74, 6) is 3.58. The number of nitrogens with one attached hydrogen (secondary N) is 2. The average Bonchev–Trinajstić information content (AvgIpc) is 3.54. The van der Waals surface area contributed by atoms with E-state index in [1.54, 1.807) is 33.1 Å². The molecule has 1 aliphatic heterocycles. The Morgan fingerprint density at radius 3 is 2.30 bits per heavy atom. The summed E-state index contributed by atoms with van der Waals surface area (Å²) in [6.45, 7) is 12.6. The minimum Gasteiger partial charge on any atom is -0.386 e. The second-order valence-electron chi connectivity index (χ2n) is 13.3. The zero-order valence-corrected chi connectivity index (χ0v) is 30.8. The molecule has 8 atom stereocenters. The van der Waals surface area contributed by atoms with E-state index in [1.807, 2.05) is 51.1 Å². The van der Waals surface area contributed by atoms with Crippen molar-refractivity contribution >= 4 is 39.5 Å². The van der Waals surface area contributed by atoms with E-state index in [4.69, 9.17) is 9.47 Å². The highest BCUT2D eigenvalue weighted by atomic mass is 32.1. The maximum absolute atomic E-state index is 13.5. The van der Waals surface area contributed by atoms with Gasteiger partial charge in [-0.2, -0.15) is 0 Å². The Labute approximate surface area is 286 Å². The summed E-state index contributed by atoms with van der Waals surface area (Å²) in [5, 5.41) is 16.6. The predicted octanol–water partition coefficient (Wildman–Crippen LogP) is 4.08. The van der Waals surface area contributed by atoms with Crippen LogP contribution in [-0.4, -0.2) is 108 Å². The Morgan fingerprint density at radius 2 is 1.74 bits per heavy atom. The monoisotopic (exact) mass is 676 g/mol. The van der Waals surface area contributed by atoms with Crippen molar-refractivity contribution in [1.29, 1.82) is 0 Å². The van der Waals surface area contributed by atoms with Crippen molar-refractivity contribution in [2.45, 2.75) is 110 Å². The molecular weight excluding hydrogens is 616 g/mol. The van der Waals surface area contributed by atoms with E-state index >= 15 is 0 Å². The van der Waals surface area contributed by atoms with Crippen molar-refractivity contribution in [3.05, 3.63) is 35.9 Å². The number of likely N-dealkylation sites (tertiary alicyclic amines) is 1. The van der Waals surface area contributed by atoms with Crippen molar-refractivity contribution in [3.8, 4) is 0 Å². The summed E-state index contributed by atoms with van der Waals surface area (Å²) < 4.78 is 12.1. The Bertz CT molecular complexity index is 1190. The third-order valence-corrected chi connectivity index (χ3v) is 10.2. The summed E-state index contributed by atoms with van der Waals surface area (Å²) in [7, 11) is 6.51. The van der Waals surface area contributed by atoms with Crippen molar-refractivity contribution in [1.82, 2.24) is 20.4 Å². The van der Waals surface area contributed by atoms with Crippen molar-refractivity contribution in [3.63, 3.8) is 0 Å². The lowest BCUT2D eigenvalue weighted by Gasteiger charge is -2.40. The molecule has 3 N–H and O–H groups in total. The van der Waals surface area contributed by atoms with E-state index in [9.17, 15) is 19.5 Å². The van der Waals surface area contributed by atoms with Gasteiger partial charge in [0.1, 0.15) is 0 Å². The lowest BCUT2D eigenvalue weighted by Crippen LogP contribution is -2.54. The van der Waals surface area contributed by atoms with E-state index in [1.165, 1.54) is 10.9 Å². The molecule has 1 heterocycles. The normalized spacial score (nSPS) is 19.6. The average molecular weight is 677 g/mol. The molecule has 10 nitrogen and oxygen atoms in total. The number of amides is 3. The lowest BCUT2D eigenvalue weighted by atomic mass is 9.90. The van der Waals surface area contributed by atoms with Gasteiger partial charge in [0.15, 0.2) is 0 Å². The number of rotatable bonds is 18. The molecule has 1 saturated heterocycles. The molecular formula is C36H60N4O6S. The zero-order chi connectivity index (χ0) is 35.3. The van der Waals surface area contributed by atoms with Crippen LogP contribution in [0.5, 0.6) is 0 Å². The Hall–Kier alpha value is -2.57. The molecule has 0 unspecified atom stereocenters. The summed E-state index contributed by atoms with van der Waals surface area (Å²) in [5.41, 5.74) is 0.747. The van der Waals surface area contributed by atoms with Crippen LogP contribution in [0.1, 0.15) is 85.3 Å². The Morgan fingerprint density at radius 1 is 1.09 bits per heavy atom. The van der Waals surface area contributed by atoms with Gasteiger partial charge in [-0.3, -0.25) is 19.3 Å². The number of nitrogens with zero attached hydrogens (tertiary/aromatic N) is 2. The number of aliphatic hydroxyl groups excluding tert-OH is 1. The molecule has 0 saturated carbocycles. The molecule has 1 aromatic carbocycles. The summed E-state index contributed by atoms with van der Waals surface area (Å²) in [6, 6.07) is 8.53. The molecule has 0 spiro atoms. The van der Waals surface area contributed by atoms with Crippen molar-refractivity contribution in [2.75, 3.05) is 34.4 Å². The molecule has 0 aromatic heterocycles. The smallest absolute Gasteiger partial charge is 0.242 e. The van der Waals surface area contributed by atoms with Gasteiger partial charge in [-0.1, -0.05) is 71.4 Å². The first kappa shape index (κ1) is 40.6. The van der Waals surface area contributed by atoms with Gasteiger partial charge in [-0.05, 0) is 43.0 Å². The molecule has 11 heteroatoms. The van der Waals surface area contributed by atoms with Crippen LogP contribution in [0.3, 0.4) is 0 Å². The highest BCUT2D eigenvalue weighted by Gasteiger charge is 2.41. The fraction of sp³-hybridized carbons (Fsp3) is 0.694. The second-order valence-corrected chi connectivity index (χ2v) is 14.1. The third kappa shape index (κ3) is 11.5. The van der Waals surface area contributed by atoms with Gasteiger partial charge >= 0.3 is 0 Å². The fourth-order valence-electron chi connectivity index (χ4n) is 6.58. The molecule has 1 fully saturated rings. The van der Waals surface area contributed by atoms with Crippen LogP contribution in [0.2, 0.25) is 0 Å². The fourth-order valence-corrected chi connectivity index (χ4v) is 7.26. The van der Waals surface area contributed by atoms with Gasteiger partial charge in [0.05, 0.1) is 47.8 Å². The van der Waals surface area contributed by atoms with Gasteiger partial charge in [0.2, 0.25) is 17.7 Å². The molecule has 2 rings (SSSR count). The number of hydrogen-bond acceptors (Lipinski definition) is 6. The molecule has 1 aliphatic rings. The first-order chi connectivity index (χ1) is 22.3. The van der Waals surface area contributed by atoms with E-state index in [-0.39, 0.29) is 54.3 Å². The molecule has 0 aliphatic carbocycles. The number of benzene rings is 1. The SMILES string of the molecule is C=S=C(C[C@@H](OC)[C@H]([C@@H](C)CC)N(C)C(=O)CNC(=O)CC(C)C)N1CCC[C@H]1[C@H](OC)[C@@H](C)C(=O)N[C@H](C)[C@@H](O)c1ccccc1. The Kier molecular flexibility index (Phi) is 17.3. The van der Waals surface area contributed by atoms with E-state index in [0.717, 1.165) is 36.4 Å². The lowest BCUT2D eigenvalue weighted by molar-refractivity contribution is -0.137. The number of carbonyl (C=O) groups excluding carboxylic acids is 3. The third-order valence-electron chi connectivity index (χ3n) is 9.49. The number of ether oxygens (including phenoxy) is 2. The summed E-state index contributed by atoms with van der Waals surface area (Å²) >= 11 is 0. The number of methoxy groups -OCH3 is 2. The van der Waals surface area contributed by atoms with E-state index in [2.05, 4.69) is 35.3 Å². The topological polar surface area (TPSA) is 120 Å². The zero-order valence-electron chi connectivity index (χ0n) is 30.0. The van der Waals surface area contributed by atoms with Gasteiger partial charge in [0, 0.05) is 46.7 Å². The van der Waals surface area contributed by atoms with Crippen LogP contribution in [0.15, 0.2) is 30.3 Å². The molecule has 0 bridgehead atoms. The van der Waals surface area contributed by atoms with Gasteiger partial charge < -0.3 is 30.1 Å². The summed E-state index contributed by atoms with van der Waals surface area (Å²) in [6.07, 6.45) is 1.99. The van der Waals surface area contributed by atoms with Crippen LogP contribution in [0.4, 0.5) is 0 Å². The van der Waals surface area contributed by atoms with Crippen LogP contribution in [-0.2, 0) is 23.9 Å². The number of aliphatic hydroxyl groups is 1. The molecule has 0 radical (unpaired) electrons. The van der Waals surface area contributed by atoms with E-state index < -0.39 is 24.2 Å². The quantitative estimate of drug-likeness (QED) is 0.201. The summed E-state index contributed by atoms with van der Waals surface area (Å²) in [4.78, 5) is 44.0. The molecule has 47 heavy (non-hydrogen) atoms. The first-order valence-electron chi connectivity index (χ1n) is 17.0. The van der Waals surface area contributed by atoms with Gasteiger partial charge in [-0.15, -0.1) is 10.9 Å². The highest BCUT2D eigenvalue weighted by Crippen LogP contribution is 2.30.